The van der Waals surface area contributed by atoms with Crippen LogP contribution in [0.1, 0.15) is 19.4 Å². The molecule has 1 fully saturated rings. The molecule has 0 unspecified atom stereocenters. The summed E-state index contributed by atoms with van der Waals surface area (Å²) in [6.45, 7) is 4.54. The minimum atomic E-state index is -3.41. The molecule has 1 saturated heterocycles. The van der Waals surface area contributed by atoms with Crippen LogP contribution in [0.25, 0.3) is 5.69 Å². The molecule has 1 amide bonds. The van der Waals surface area contributed by atoms with E-state index in [1.165, 1.54) is 4.31 Å². The van der Waals surface area contributed by atoms with Crippen molar-refractivity contribution in [2.24, 2.45) is 0 Å². The number of nitrogens with zero attached hydrogens (tertiary/aromatic N) is 2. The molecule has 2 atom stereocenters. The Kier molecular flexibility index (Phi) is 6.53. The van der Waals surface area contributed by atoms with Crippen LogP contribution in [0, 0.1) is 0 Å². The predicted molar refractivity (Wildman–Crippen MR) is 108 cm³/mol. The summed E-state index contributed by atoms with van der Waals surface area (Å²) in [6, 6.07) is 11.6. The third-order valence-electron chi connectivity index (χ3n) is 4.67. The summed E-state index contributed by atoms with van der Waals surface area (Å²) in [6.07, 6.45) is 3.89. The van der Waals surface area contributed by atoms with Gasteiger partial charge in [-0.15, -0.1) is 0 Å². The lowest BCUT2D eigenvalue weighted by molar-refractivity contribution is -0.120. The van der Waals surface area contributed by atoms with Crippen LogP contribution in [0.4, 0.5) is 0 Å². The van der Waals surface area contributed by atoms with Crippen molar-refractivity contribution in [3.8, 4) is 5.69 Å². The van der Waals surface area contributed by atoms with Crippen molar-refractivity contribution in [3.63, 3.8) is 0 Å². The molecule has 8 heteroatoms. The number of hydrogen-bond donors (Lipinski definition) is 1. The van der Waals surface area contributed by atoms with Crippen molar-refractivity contribution in [1.29, 1.82) is 0 Å². The third kappa shape index (κ3) is 5.43. The summed E-state index contributed by atoms with van der Waals surface area (Å²) >= 11 is 0. The Labute approximate surface area is 166 Å². The fraction of sp³-hybridized carbons (Fsp3) is 0.450. The fourth-order valence-electron chi connectivity index (χ4n) is 3.35. The van der Waals surface area contributed by atoms with Gasteiger partial charge in [0, 0.05) is 37.7 Å². The van der Waals surface area contributed by atoms with Crippen LogP contribution in [0.3, 0.4) is 0 Å². The molecule has 1 aliphatic rings. The molecular weight excluding hydrogens is 378 g/mol. The van der Waals surface area contributed by atoms with E-state index in [0.29, 0.717) is 13.1 Å². The highest BCUT2D eigenvalue weighted by Crippen LogP contribution is 2.14. The van der Waals surface area contributed by atoms with Crippen LogP contribution < -0.4 is 5.32 Å². The molecule has 0 aliphatic carbocycles. The van der Waals surface area contributed by atoms with E-state index in [9.17, 15) is 13.2 Å². The van der Waals surface area contributed by atoms with Gasteiger partial charge in [0.05, 0.1) is 24.4 Å². The second kappa shape index (κ2) is 8.89. The van der Waals surface area contributed by atoms with Gasteiger partial charge in [-0.25, -0.2) is 8.42 Å². The van der Waals surface area contributed by atoms with E-state index in [4.69, 9.17) is 4.74 Å². The molecule has 1 aromatic heterocycles. The fourth-order valence-corrected chi connectivity index (χ4v) is 4.84. The first kappa shape index (κ1) is 20.6. The maximum Gasteiger partial charge on any atom is 0.224 e. The standard InChI is InChI=1S/C20H27N3O4S/c1-16-14-23(15-17(2)27-16)28(25,26)12-9-21-20(24)13-18-5-7-19(8-6-18)22-10-3-4-11-22/h3-8,10-11,16-17H,9,12-15H2,1-2H3,(H,21,24)/t16-,17+. The number of benzene rings is 1. The third-order valence-corrected chi connectivity index (χ3v) is 6.47. The lowest BCUT2D eigenvalue weighted by atomic mass is 10.1. The second-order valence-corrected chi connectivity index (χ2v) is 9.26. The lowest BCUT2D eigenvalue weighted by Crippen LogP contribution is -2.49. The largest absolute Gasteiger partial charge is 0.373 e. The summed E-state index contributed by atoms with van der Waals surface area (Å²) in [7, 11) is -3.41. The second-order valence-electron chi connectivity index (χ2n) is 7.17. The SMILES string of the molecule is C[C@@H]1CN(S(=O)(=O)CCNC(=O)Cc2ccc(-n3cccc3)cc2)C[C@H](C)O1. The van der Waals surface area contributed by atoms with Gasteiger partial charge in [-0.05, 0) is 43.7 Å². The highest BCUT2D eigenvalue weighted by atomic mass is 32.2. The quantitative estimate of drug-likeness (QED) is 0.758. The average Bonchev–Trinajstić information content (AvgIpc) is 3.16. The highest BCUT2D eigenvalue weighted by Gasteiger charge is 2.30. The van der Waals surface area contributed by atoms with Gasteiger partial charge in [0.25, 0.3) is 0 Å². The van der Waals surface area contributed by atoms with Crippen LogP contribution >= 0.6 is 0 Å². The summed E-state index contributed by atoms with van der Waals surface area (Å²) in [4.78, 5) is 12.1. The molecule has 1 aliphatic heterocycles. The van der Waals surface area contributed by atoms with Gasteiger partial charge in [-0.1, -0.05) is 12.1 Å². The van der Waals surface area contributed by atoms with E-state index in [-0.39, 0.29) is 36.8 Å². The Hall–Kier alpha value is -2.16. The molecule has 0 saturated carbocycles. The van der Waals surface area contributed by atoms with Crippen LogP contribution in [0.15, 0.2) is 48.8 Å². The van der Waals surface area contributed by atoms with E-state index in [1.54, 1.807) is 0 Å². The van der Waals surface area contributed by atoms with E-state index >= 15 is 0 Å². The van der Waals surface area contributed by atoms with Gasteiger partial charge in [0.1, 0.15) is 0 Å². The number of sulfonamides is 1. The van der Waals surface area contributed by atoms with E-state index in [0.717, 1.165) is 11.3 Å². The van der Waals surface area contributed by atoms with Gasteiger partial charge >= 0.3 is 0 Å². The van der Waals surface area contributed by atoms with Gasteiger partial charge in [0.15, 0.2) is 0 Å². The summed E-state index contributed by atoms with van der Waals surface area (Å²) in [5.41, 5.74) is 1.90. The number of morpholine rings is 1. The summed E-state index contributed by atoms with van der Waals surface area (Å²) in [5.74, 6) is -0.294. The molecule has 152 valence electrons. The zero-order valence-corrected chi connectivity index (χ0v) is 17.1. The van der Waals surface area contributed by atoms with Crippen LogP contribution in [-0.4, -0.2) is 60.8 Å². The van der Waals surface area contributed by atoms with Crippen molar-refractivity contribution in [2.75, 3.05) is 25.4 Å². The van der Waals surface area contributed by atoms with Gasteiger partial charge in [-0.3, -0.25) is 4.79 Å². The van der Waals surface area contributed by atoms with Gasteiger partial charge in [-0.2, -0.15) is 4.31 Å². The molecule has 0 radical (unpaired) electrons. The number of hydrogen-bond acceptors (Lipinski definition) is 4. The lowest BCUT2D eigenvalue weighted by Gasteiger charge is -2.34. The number of carbonyl (C=O) groups is 1. The molecular formula is C20H27N3O4S. The predicted octanol–water partition coefficient (Wildman–Crippen LogP) is 1.58. The van der Waals surface area contributed by atoms with Crippen molar-refractivity contribution in [1.82, 2.24) is 14.2 Å². The molecule has 0 spiro atoms. The number of nitrogens with one attached hydrogen (secondary N) is 1. The molecule has 28 heavy (non-hydrogen) atoms. The van der Waals surface area contributed by atoms with Gasteiger partial charge in [0.2, 0.25) is 15.9 Å². The molecule has 2 aromatic rings. The molecule has 3 rings (SSSR count). The van der Waals surface area contributed by atoms with Crippen LogP contribution in [-0.2, 0) is 26.0 Å². The van der Waals surface area contributed by atoms with E-state index in [1.807, 2.05) is 67.2 Å². The summed E-state index contributed by atoms with van der Waals surface area (Å²) in [5, 5.41) is 2.71. The zero-order valence-electron chi connectivity index (χ0n) is 16.2. The van der Waals surface area contributed by atoms with E-state index < -0.39 is 10.0 Å². The molecule has 0 bridgehead atoms. The first-order valence-electron chi connectivity index (χ1n) is 9.46. The highest BCUT2D eigenvalue weighted by molar-refractivity contribution is 7.89. The number of amides is 1. The Morgan fingerprint density at radius 2 is 1.71 bits per heavy atom. The summed E-state index contributed by atoms with van der Waals surface area (Å²) < 4.78 is 34.0. The average molecular weight is 406 g/mol. The number of carbonyl (C=O) groups excluding carboxylic acids is 1. The first-order chi connectivity index (χ1) is 13.3. The minimum absolute atomic E-state index is 0.0999. The number of ether oxygens (including phenoxy) is 1. The Bertz CT molecular complexity index is 869. The minimum Gasteiger partial charge on any atom is -0.373 e. The monoisotopic (exact) mass is 405 g/mol. The molecule has 1 aromatic carbocycles. The van der Waals surface area contributed by atoms with Crippen molar-refractivity contribution in [3.05, 3.63) is 54.4 Å². The number of rotatable bonds is 7. The first-order valence-corrected chi connectivity index (χ1v) is 11.1. The maximum atomic E-state index is 12.5. The molecule has 7 nitrogen and oxygen atoms in total. The number of aromatic nitrogens is 1. The Morgan fingerprint density at radius 3 is 2.32 bits per heavy atom. The van der Waals surface area contributed by atoms with Crippen LogP contribution in [0.5, 0.6) is 0 Å². The molecule has 2 heterocycles. The zero-order chi connectivity index (χ0) is 20.1. The van der Waals surface area contributed by atoms with Crippen molar-refractivity contribution >= 4 is 15.9 Å². The smallest absolute Gasteiger partial charge is 0.224 e. The van der Waals surface area contributed by atoms with Crippen molar-refractivity contribution < 1.29 is 17.9 Å². The van der Waals surface area contributed by atoms with Crippen LogP contribution in [0.2, 0.25) is 0 Å². The molecule has 1 N–H and O–H groups in total. The van der Waals surface area contributed by atoms with E-state index in [2.05, 4.69) is 5.32 Å². The normalized spacial score (nSPS) is 20.8. The van der Waals surface area contributed by atoms with Crippen molar-refractivity contribution in [2.45, 2.75) is 32.5 Å². The topological polar surface area (TPSA) is 80.6 Å². The maximum absolute atomic E-state index is 12.5. The Morgan fingerprint density at radius 1 is 1.11 bits per heavy atom. The Balaban J connectivity index is 1.46. The van der Waals surface area contributed by atoms with Gasteiger partial charge < -0.3 is 14.6 Å².